The number of carbonyl (C=O) groups is 1. The van der Waals surface area contributed by atoms with Gasteiger partial charge in [-0.2, -0.15) is 0 Å². The Labute approximate surface area is 191 Å². The van der Waals surface area contributed by atoms with Gasteiger partial charge in [0.15, 0.2) is 14.1 Å². The van der Waals surface area contributed by atoms with E-state index in [-0.39, 0.29) is 16.4 Å². The van der Waals surface area contributed by atoms with Crippen LogP contribution in [0.25, 0.3) is 0 Å². The van der Waals surface area contributed by atoms with Crippen LogP contribution >= 0.6 is 0 Å². The van der Waals surface area contributed by atoms with Crippen LogP contribution in [0.4, 0.5) is 0 Å². The van der Waals surface area contributed by atoms with Gasteiger partial charge < -0.3 is 13.9 Å². The average molecular weight is 456 g/mol. The molecule has 4 nitrogen and oxygen atoms in total. The first-order chi connectivity index (χ1) is 14.4. The SMILES string of the molecule is CC(C)(C)[Si](C)(C)O[C@H]1CC[C@H]2[C@@H]3CCC(=O)[13C@H]([13CH2][13CH2][13C]4([13CH3])OCCO4)[C@H]3CC[C@]12C. The Kier molecular flexibility index (Phi) is 6.33. The highest BCUT2D eigenvalue weighted by atomic mass is 28.4. The van der Waals surface area contributed by atoms with Gasteiger partial charge in [0.25, 0.3) is 0 Å². The quantitative estimate of drug-likeness (QED) is 0.358. The highest BCUT2D eigenvalue weighted by molar-refractivity contribution is 6.74. The average Bonchev–Trinajstić information content (AvgIpc) is 3.24. The second-order valence-corrected chi connectivity index (χ2v) is 17.7. The van der Waals surface area contributed by atoms with Crippen LogP contribution in [0.1, 0.15) is 86.0 Å². The third kappa shape index (κ3) is 4.33. The van der Waals surface area contributed by atoms with Gasteiger partial charge in [0.2, 0.25) is 0 Å². The molecular weight excluding hydrogens is 409 g/mol. The Hall–Kier alpha value is -0.233. The van der Waals surface area contributed by atoms with Gasteiger partial charge in [-0.05, 0) is 86.7 Å². The minimum absolute atomic E-state index is 0.202. The van der Waals surface area contributed by atoms with Gasteiger partial charge in [-0.15, -0.1) is 0 Å². The third-order valence-electron chi connectivity index (χ3n) is 10.1. The fourth-order valence-electron chi connectivity index (χ4n) is 7.14. The van der Waals surface area contributed by atoms with Crippen molar-refractivity contribution < 1.29 is 18.7 Å². The molecule has 4 aliphatic rings. The molecule has 31 heavy (non-hydrogen) atoms. The highest BCUT2D eigenvalue weighted by Gasteiger charge is 2.58. The van der Waals surface area contributed by atoms with Crippen LogP contribution in [0, 0.1) is 29.1 Å². The molecule has 178 valence electrons. The summed E-state index contributed by atoms with van der Waals surface area (Å²) in [6, 6.07) is 0. The predicted octanol–water partition coefficient (Wildman–Crippen LogP) is 6.34. The topological polar surface area (TPSA) is 44.8 Å². The van der Waals surface area contributed by atoms with Crippen LogP contribution < -0.4 is 0 Å². The van der Waals surface area contributed by atoms with Gasteiger partial charge in [0.1, 0.15) is 5.78 Å². The molecule has 1 aliphatic heterocycles. The van der Waals surface area contributed by atoms with Crippen molar-refractivity contribution in [3.05, 3.63) is 0 Å². The zero-order valence-corrected chi connectivity index (χ0v) is 22.1. The largest absolute Gasteiger partial charge is 0.413 e. The lowest BCUT2D eigenvalue weighted by Gasteiger charge is -2.53. The lowest BCUT2D eigenvalue weighted by atomic mass is 9.58. The van der Waals surface area contributed by atoms with Crippen LogP contribution in [0.5, 0.6) is 0 Å². The molecule has 0 radical (unpaired) electrons. The molecule has 0 amide bonds. The van der Waals surface area contributed by atoms with E-state index in [9.17, 15) is 4.79 Å². The van der Waals surface area contributed by atoms with Gasteiger partial charge in [0.05, 0.1) is 19.3 Å². The Morgan fingerprint density at radius 2 is 1.71 bits per heavy atom. The van der Waals surface area contributed by atoms with Gasteiger partial charge in [-0.1, -0.05) is 27.7 Å². The maximum Gasteiger partial charge on any atom is 0.192 e. The van der Waals surface area contributed by atoms with E-state index < -0.39 is 14.1 Å². The second-order valence-electron chi connectivity index (χ2n) is 12.9. The van der Waals surface area contributed by atoms with Crippen molar-refractivity contribution in [2.24, 2.45) is 29.1 Å². The smallest absolute Gasteiger partial charge is 0.192 e. The standard InChI is InChI=1S/C26H46O4Si/c1-24(2,3)31(6,7)30-23-11-9-21-19-8-10-22(27)20(18(19)12-14-25(21,23)4)13-15-26(5)28-16-17-29-26/h18-21,23H,8-17H2,1-7H3/t18-,19+,20+,21-,23-,25-/m0/s1/i5+1,13+1,15+1,20+1,26+1. The number of fused-ring (bicyclic) bond motifs is 3. The number of rotatable bonds is 5. The Morgan fingerprint density at radius 3 is 2.35 bits per heavy atom. The summed E-state index contributed by atoms with van der Waals surface area (Å²) in [4.78, 5) is 13.0. The van der Waals surface area contributed by atoms with E-state index in [0.29, 0.717) is 42.9 Å². The molecule has 1 saturated heterocycles. The molecule has 0 aromatic rings. The van der Waals surface area contributed by atoms with Gasteiger partial charge in [-0.3, -0.25) is 4.79 Å². The van der Waals surface area contributed by atoms with Crippen LogP contribution in [-0.2, 0) is 18.7 Å². The third-order valence-corrected chi connectivity index (χ3v) is 14.6. The monoisotopic (exact) mass is 455 g/mol. The normalized spacial score (nSPS) is 40.6. The van der Waals surface area contributed by atoms with E-state index >= 15 is 0 Å². The summed E-state index contributed by atoms with van der Waals surface area (Å²) >= 11 is 0. The summed E-state index contributed by atoms with van der Waals surface area (Å²) in [5.74, 6) is 2.17. The fraction of sp³-hybridized carbons (Fsp3) is 0.962. The van der Waals surface area contributed by atoms with Crippen molar-refractivity contribution >= 4 is 14.1 Å². The van der Waals surface area contributed by atoms with E-state index in [2.05, 4.69) is 40.8 Å². The van der Waals surface area contributed by atoms with E-state index in [1.165, 1.54) is 25.7 Å². The maximum absolute atomic E-state index is 13.0. The van der Waals surface area contributed by atoms with E-state index in [0.717, 1.165) is 25.7 Å². The number of ketones is 1. The summed E-state index contributed by atoms with van der Waals surface area (Å²) in [5.41, 5.74) is 0.283. The van der Waals surface area contributed by atoms with Crippen LogP contribution in [0.3, 0.4) is 0 Å². The minimum atomic E-state index is -1.78. The predicted molar refractivity (Wildman–Crippen MR) is 126 cm³/mol. The van der Waals surface area contributed by atoms with Gasteiger partial charge >= 0.3 is 0 Å². The summed E-state index contributed by atoms with van der Waals surface area (Å²) in [6.45, 7) is 17.8. The van der Waals surface area contributed by atoms with Crippen molar-refractivity contribution in [3.63, 3.8) is 0 Å². The van der Waals surface area contributed by atoms with Crippen molar-refractivity contribution in [1.82, 2.24) is 0 Å². The zero-order valence-electron chi connectivity index (χ0n) is 21.1. The minimum Gasteiger partial charge on any atom is -0.413 e. The molecule has 3 saturated carbocycles. The van der Waals surface area contributed by atoms with Crippen LogP contribution in [-0.4, -0.2) is 39.2 Å². The lowest BCUT2D eigenvalue weighted by Crippen LogP contribution is -2.52. The van der Waals surface area contributed by atoms with E-state index in [1.807, 2.05) is 6.92 Å². The Balaban J connectivity index is 1.47. The summed E-state index contributed by atoms with van der Waals surface area (Å²) < 4.78 is 18.7. The van der Waals surface area contributed by atoms with Crippen LogP contribution in [0.2, 0.25) is 18.1 Å². The summed E-state index contributed by atoms with van der Waals surface area (Å²) in [7, 11) is -1.78. The molecule has 0 aromatic heterocycles. The van der Waals surface area contributed by atoms with Crippen molar-refractivity contribution in [3.8, 4) is 0 Å². The summed E-state index contributed by atoms with van der Waals surface area (Å²) in [5, 5.41) is 0.251. The molecule has 0 unspecified atom stereocenters. The molecule has 0 bridgehead atoms. The molecular formula is C26H46O4Si. The molecule has 3 aliphatic carbocycles. The Morgan fingerprint density at radius 1 is 1.03 bits per heavy atom. The van der Waals surface area contributed by atoms with Crippen LogP contribution in [0.15, 0.2) is 0 Å². The van der Waals surface area contributed by atoms with Gasteiger partial charge in [-0.25, -0.2) is 0 Å². The number of hydrogen-bond donors (Lipinski definition) is 0. The van der Waals surface area contributed by atoms with Crippen molar-refractivity contribution in [2.75, 3.05) is 13.2 Å². The summed E-state index contributed by atoms with van der Waals surface area (Å²) in [6.07, 6.45) is 8.90. The Bertz CT molecular complexity index is 677. The first kappa shape index (κ1) is 23.9. The first-order valence-corrected chi connectivity index (χ1v) is 15.8. The first-order valence-electron chi connectivity index (χ1n) is 12.8. The second kappa shape index (κ2) is 8.21. The number of hydrogen-bond acceptors (Lipinski definition) is 4. The molecule has 4 fully saturated rings. The lowest BCUT2D eigenvalue weighted by molar-refractivity contribution is -0.156. The van der Waals surface area contributed by atoms with Gasteiger partial charge in [0, 0.05) is 18.8 Å². The molecule has 4 rings (SSSR count). The van der Waals surface area contributed by atoms with Crippen molar-refractivity contribution in [1.29, 1.82) is 0 Å². The van der Waals surface area contributed by atoms with E-state index in [4.69, 9.17) is 13.9 Å². The molecule has 0 N–H and O–H groups in total. The molecule has 5 heteroatoms. The maximum atomic E-state index is 13.0. The molecule has 0 spiro atoms. The molecule has 1 heterocycles. The number of ether oxygens (including phenoxy) is 2. The number of Topliss-reactive ketones (excluding diaryl/α,β-unsaturated/α-hetero) is 1. The fourth-order valence-corrected chi connectivity index (χ4v) is 8.59. The number of carbonyl (C=O) groups excluding carboxylic acids is 1. The zero-order chi connectivity index (χ0) is 22.7. The molecule has 6 atom stereocenters. The molecule has 0 aromatic carbocycles. The highest BCUT2D eigenvalue weighted by Crippen LogP contribution is 2.61. The van der Waals surface area contributed by atoms with Crippen molar-refractivity contribution in [2.45, 2.75) is 116 Å². The van der Waals surface area contributed by atoms with E-state index in [1.54, 1.807) is 0 Å².